The van der Waals surface area contributed by atoms with Crippen LogP contribution in [-0.4, -0.2) is 42.0 Å². The molecule has 0 aliphatic carbocycles. The van der Waals surface area contributed by atoms with Gasteiger partial charge in [0.2, 0.25) is 0 Å². The SMILES string of the molecule is CC1=C(Br)S(C(C)(C)C)(C(C)(C)C)C(N(C(=O)O)C(=O)O)=N1. The smallest absolute Gasteiger partial charge is 0.423 e. The Balaban J connectivity index is 3.82. The van der Waals surface area contributed by atoms with Crippen LogP contribution in [0.1, 0.15) is 48.5 Å². The van der Waals surface area contributed by atoms with Crippen molar-refractivity contribution in [3.8, 4) is 0 Å². The highest BCUT2D eigenvalue weighted by Gasteiger charge is 2.58. The molecule has 0 bridgehead atoms. The van der Waals surface area contributed by atoms with Crippen molar-refractivity contribution in [1.82, 2.24) is 4.90 Å². The highest BCUT2D eigenvalue weighted by atomic mass is 79.9. The molecule has 0 radical (unpaired) electrons. The number of hydrogen-bond acceptors (Lipinski definition) is 3. The van der Waals surface area contributed by atoms with Crippen molar-refractivity contribution >= 4 is 43.3 Å². The van der Waals surface area contributed by atoms with E-state index in [1.165, 1.54) is 0 Å². The summed E-state index contributed by atoms with van der Waals surface area (Å²) in [5.41, 5.74) is 0.627. The predicted octanol–water partition coefficient (Wildman–Crippen LogP) is 5.00. The molecule has 0 saturated heterocycles. The summed E-state index contributed by atoms with van der Waals surface area (Å²) in [6.07, 6.45) is -3.07. The maximum Gasteiger partial charge on any atom is 0.423 e. The lowest BCUT2D eigenvalue weighted by atomic mass is 10.2. The van der Waals surface area contributed by atoms with Crippen LogP contribution in [0, 0.1) is 0 Å². The van der Waals surface area contributed by atoms with Crippen LogP contribution in [0.25, 0.3) is 0 Å². The lowest BCUT2D eigenvalue weighted by Crippen LogP contribution is -2.50. The molecule has 126 valence electrons. The summed E-state index contributed by atoms with van der Waals surface area (Å²) < 4.78 is 0.0377. The second kappa shape index (κ2) is 5.56. The maximum atomic E-state index is 11.5. The number of nitrogens with zero attached hydrogens (tertiary/aromatic N) is 2. The number of amidine groups is 1. The molecular weight excluding hydrogens is 372 g/mol. The number of amides is 2. The fourth-order valence-electron chi connectivity index (χ4n) is 2.99. The van der Waals surface area contributed by atoms with E-state index < -0.39 is 22.2 Å². The monoisotopic (exact) mass is 394 g/mol. The average Bonchev–Trinajstić information content (AvgIpc) is 2.49. The van der Waals surface area contributed by atoms with E-state index in [0.29, 0.717) is 10.6 Å². The third kappa shape index (κ3) is 2.56. The molecule has 22 heavy (non-hydrogen) atoms. The van der Waals surface area contributed by atoms with Gasteiger partial charge in [0.25, 0.3) is 0 Å². The molecule has 1 rings (SSSR count). The Bertz CT molecular complexity index is 557. The summed E-state index contributed by atoms with van der Waals surface area (Å²) in [5.74, 6) is 0. The minimum Gasteiger partial charge on any atom is -0.464 e. The summed E-state index contributed by atoms with van der Waals surface area (Å²) in [4.78, 5) is 27.8. The van der Waals surface area contributed by atoms with Gasteiger partial charge >= 0.3 is 12.2 Å². The van der Waals surface area contributed by atoms with Crippen LogP contribution >= 0.6 is 26.0 Å². The highest BCUT2D eigenvalue weighted by molar-refractivity contribution is 9.15. The topological polar surface area (TPSA) is 90.2 Å². The third-order valence-electron chi connectivity index (χ3n) is 3.50. The van der Waals surface area contributed by atoms with E-state index in [0.717, 1.165) is 3.81 Å². The Morgan fingerprint density at radius 3 is 1.68 bits per heavy atom. The fraction of sp³-hybridized carbons (Fsp3) is 0.643. The average molecular weight is 395 g/mol. The van der Waals surface area contributed by atoms with E-state index in [1.807, 2.05) is 41.5 Å². The highest BCUT2D eigenvalue weighted by Crippen LogP contribution is 2.77. The van der Waals surface area contributed by atoms with Gasteiger partial charge in [-0.2, -0.15) is 4.90 Å². The molecule has 0 aromatic carbocycles. The minimum atomic E-state index is -2.04. The number of carbonyl (C=O) groups is 2. The lowest BCUT2D eigenvalue weighted by Gasteiger charge is -2.57. The molecule has 0 fully saturated rings. The Morgan fingerprint density at radius 1 is 1.05 bits per heavy atom. The van der Waals surface area contributed by atoms with Crippen molar-refractivity contribution < 1.29 is 19.8 Å². The molecule has 1 aliphatic heterocycles. The lowest BCUT2D eigenvalue weighted by molar-refractivity contribution is 0.146. The van der Waals surface area contributed by atoms with Gasteiger partial charge in [0.1, 0.15) is 0 Å². The van der Waals surface area contributed by atoms with Gasteiger partial charge in [0, 0.05) is 9.49 Å². The molecule has 0 spiro atoms. The van der Waals surface area contributed by atoms with Crippen LogP contribution in [0.3, 0.4) is 0 Å². The van der Waals surface area contributed by atoms with Gasteiger partial charge in [-0.05, 0) is 22.9 Å². The van der Waals surface area contributed by atoms with Crippen molar-refractivity contribution in [2.45, 2.75) is 58.0 Å². The Hall–Kier alpha value is -1.02. The number of halogens is 1. The van der Waals surface area contributed by atoms with Crippen molar-refractivity contribution in [3.63, 3.8) is 0 Å². The third-order valence-corrected chi connectivity index (χ3v) is 10.9. The molecule has 1 aliphatic rings. The van der Waals surface area contributed by atoms with Crippen molar-refractivity contribution in [3.05, 3.63) is 9.51 Å². The van der Waals surface area contributed by atoms with E-state index >= 15 is 0 Å². The molecule has 0 saturated carbocycles. The number of allylic oxidation sites excluding steroid dienone is 1. The van der Waals surface area contributed by atoms with Crippen LogP contribution in [0.15, 0.2) is 14.5 Å². The molecule has 6 nitrogen and oxygen atoms in total. The predicted molar refractivity (Wildman–Crippen MR) is 94.0 cm³/mol. The van der Waals surface area contributed by atoms with Crippen LogP contribution < -0.4 is 0 Å². The molecule has 1 heterocycles. The zero-order valence-electron chi connectivity index (χ0n) is 13.9. The van der Waals surface area contributed by atoms with Crippen molar-refractivity contribution in [2.24, 2.45) is 4.99 Å². The van der Waals surface area contributed by atoms with E-state index in [2.05, 4.69) is 20.9 Å². The van der Waals surface area contributed by atoms with Crippen LogP contribution in [0.4, 0.5) is 9.59 Å². The molecule has 2 amide bonds. The van der Waals surface area contributed by atoms with Crippen LogP contribution in [0.2, 0.25) is 0 Å². The maximum absolute atomic E-state index is 11.5. The van der Waals surface area contributed by atoms with Crippen molar-refractivity contribution in [1.29, 1.82) is 0 Å². The number of imide groups is 1. The molecular formula is C14H23BrN2O4S. The first-order chi connectivity index (χ1) is 9.69. The summed E-state index contributed by atoms with van der Waals surface area (Å²) >= 11 is 3.60. The van der Waals surface area contributed by atoms with E-state index in [1.54, 1.807) is 6.92 Å². The first-order valence-electron chi connectivity index (χ1n) is 6.73. The van der Waals surface area contributed by atoms with Gasteiger partial charge in [-0.15, -0.1) is 10.0 Å². The summed E-state index contributed by atoms with van der Waals surface area (Å²) in [5, 5.41) is 18.9. The summed E-state index contributed by atoms with van der Waals surface area (Å²) in [7, 11) is -2.04. The van der Waals surface area contributed by atoms with Gasteiger partial charge < -0.3 is 10.2 Å². The van der Waals surface area contributed by atoms with Gasteiger partial charge in [0.05, 0.1) is 9.51 Å². The van der Waals surface area contributed by atoms with Gasteiger partial charge in [0.15, 0.2) is 5.17 Å². The fourth-order valence-corrected chi connectivity index (χ4v) is 11.8. The summed E-state index contributed by atoms with van der Waals surface area (Å²) in [6, 6.07) is 0. The Morgan fingerprint density at radius 2 is 1.41 bits per heavy atom. The molecule has 8 heteroatoms. The largest absolute Gasteiger partial charge is 0.464 e. The first-order valence-corrected chi connectivity index (χ1v) is 9.15. The van der Waals surface area contributed by atoms with E-state index in [-0.39, 0.29) is 14.7 Å². The standard InChI is InChI=1S/C14H23BrN2O4S/c1-8-9(15)22(13(2,3)4,14(5,6)7)10(16-8)17(11(18)19)12(20)21/h1-7H3,(H,18,19)(H,20,21). The van der Waals surface area contributed by atoms with Crippen molar-refractivity contribution in [2.75, 3.05) is 0 Å². The number of carboxylic acid groups (broad SMARTS) is 2. The summed E-state index contributed by atoms with van der Waals surface area (Å²) in [6.45, 7) is 13.7. The molecule has 0 aromatic heterocycles. The quantitative estimate of drug-likeness (QED) is 0.604. The van der Waals surface area contributed by atoms with E-state index in [9.17, 15) is 19.8 Å². The number of aliphatic imine (C=N–C) groups is 1. The van der Waals surface area contributed by atoms with Gasteiger partial charge in [-0.1, -0.05) is 41.5 Å². The molecule has 0 atom stereocenters. The number of rotatable bonds is 0. The minimum absolute atomic E-state index is 0.108. The van der Waals surface area contributed by atoms with Crippen LogP contribution in [0.5, 0.6) is 0 Å². The van der Waals surface area contributed by atoms with E-state index in [4.69, 9.17) is 0 Å². The second-order valence-electron chi connectivity index (χ2n) is 6.99. The molecule has 0 aromatic rings. The zero-order chi connectivity index (χ0) is 17.7. The van der Waals surface area contributed by atoms with Gasteiger partial charge in [-0.25, -0.2) is 14.6 Å². The molecule has 2 N–H and O–H groups in total. The zero-order valence-corrected chi connectivity index (χ0v) is 16.3. The second-order valence-corrected chi connectivity index (χ2v) is 12.8. The Labute approximate surface area is 140 Å². The van der Waals surface area contributed by atoms with Crippen LogP contribution in [-0.2, 0) is 0 Å². The molecule has 0 unspecified atom stereocenters. The normalized spacial score (nSPS) is 19.7. The number of hydrogen-bond donors (Lipinski definition) is 2. The Kier molecular flexibility index (Phi) is 4.81. The first kappa shape index (κ1) is 19.0. The van der Waals surface area contributed by atoms with Gasteiger partial charge in [-0.3, -0.25) is 0 Å².